The van der Waals surface area contributed by atoms with Crippen LogP contribution in [0.15, 0.2) is 66.7 Å². The molecule has 3 aromatic carbocycles. The number of ether oxygens (including phenoxy) is 1. The number of aliphatic hydroxyl groups is 1. The Labute approximate surface area is 193 Å². The van der Waals surface area contributed by atoms with Gasteiger partial charge in [0.1, 0.15) is 17.4 Å². The quantitative estimate of drug-likeness (QED) is 0.429. The van der Waals surface area contributed by atoms with Crippen molar-refractivity contribution in [3.8, 4) is 16.9 Å². The number of hydrogen-bond donors (Lipinski definition) is 3. The third kappa shape index (κ3) is 6.25. The van der Waals surface area contributed by atoms with Crippen LogP contribution in [0.1, 0.15) is 11.1 Å². The second-order valence-electron chi connectivity index (χ2n) is 7.24. The van der Waals surface area contributed by atoms with Gasteiger partial charge in [-0.05, 0) is 28.8 Å². The third-order valence-corrected chi connectivity index (χ3v) is 5.28. The summed E-state index contributed by atoms with van der Waals surface area (Å²) in [4.78, 5) is 11.8. The molecular formula is C24H22ClF3N2O3. The van der Waals surface area contributed by atoms with Crippen LogP contribution in [-0.4, -0.2) is 30.3 Å². The Morgan fingerprint density at radius 2 is 1.67 bits per heavy atom. The smallest absolute Gasteiger partial charge is 0.421 e. The van der Waals surface area contributed by atoms with Crippen LogP contribution >= 0.6 is 11.6 Å². The molecule has 0 aromatic heterocycles. The molecule has 5 nitrogen and oxygen atoms in total. The van der Waals surface area contributed by atoms with Gasteiger partial charge in [0.05, 0.1) is 23.9 Å². The summed E-state index contributed by atoms with van der Waals surface area (Å²) in [5.41, 5.74) is 6.91. The Morgan fingerprint density at radius 3 is 2.27 bits per heavy atom. The maximum absolute atomic E-state index is 13.7. The number of carbonyl (C=O) groups excluding carboxylic acids is 1. The van der Waals surface area contributed by atoms with Gasteiger partial charge in [-0.15, -0.1) is 0 Å². The van der Waals surface area contributed by atoms with Gasteiger partial charge < -0.3 is 20.9 Å². The lowest BCUT2D eigenvalue weighted by Crippen LogP contribution is -2.38. The first kappa shape index (κ1) is 24.6. The molecule has 0 fully saturated rings. The summed E-state index contributed by atoms with van der Waals surface area (Å²) in [7, 11) is 0. The molecule has 0 unspecified atom stereocenters. The Morgan fingerprint density at radius 1 is 1.03 bits per heavy atom. The summed E-state index contributed by atoms with van der Waals surface area (Å²) in [6.07, 6.45) is -4.43. The van der Waals surface area contributed by atoms with E-state index in [9.17, 15) is 18.0 Å². The minimum absolute atomic E-state index is 0.00875. The average Bonchev–Trinajstić information content (AvgIpc) is 2.80. The van der Waals surface area contributed by atoms with Crippen molar-refractivity contribution in [1.82, 2.24) is 0 Å². The van der Waals surface area contributed by atoms with E-state index in [0.717, 1.165) is 22.8 Å². The fourth-order valence-corrected chi connectivity index (χ4v) is 3.43. The fraction of sp³-hybridized carbons (Fsp3) is 0.208. The largest absolute Gasteiger partial charge is 0.493 e. The van der Waals surface area contributed by atoms with Crippen molar-refractivity contribution < 1.29 is 27.8 Å². The zero-order chi connectivity index (χ0) is 24.0. The van der Waals surface area contributed by atoms with Gasteiger partial charge in [-0.25, -0.2) is 0 Å². The van der Waals surface area contributed by atoms with Gasteiger partial charge >= 0.3 is 6.18 Å². The number of carbonyl (C=O) groups is 1. The molecule has 174 valence electrons. The highest BCUT2D eigenvalue weighted by Crippen LogP contribution is 2.44. The van der Waals surface area contributed by atoms with Gasteiger partial charge in [0.15, 0.2) is 0 Å². The van der Waals surface area contributed by atoms with Gasteiger partial charge in [-0.3, -0.25) is 4.79 Å². The number of rotatable bonds is 8. The fourth-order valence-electron chi connectivity index (χ4n) is 3.12. The van der Waals surface area contributed by atoms with Crippen LogP contribution in [0.4, 0.5) is 18.9 Å². The number of hydrogen-bond acceptors (Lipinski definition) is 4. The highest BCUT2D eigenvalue weighted by molar-refractivity contribution is 6.34. The molecule has 0 heterocycles. The molecular weight excluding hydrogens is 457 g/mol. The lowest BCUT2D eigenvalue weighted by atomic mass is 10.0. The van der Waals surface area contributed by atoms with E-state index in [1.807, 2.05) is 54.6 Å². The Hall–Kier alpha value is -3.07. The molecule has 0 saturated heterocycles. The van der Waals surface area contributed by atoms with Crippen LogP contribution in [-0.2, 0) is 17.4 Å². The SMILES string of the molecule is N[C@@H](CO)C(=O)Nc1ccc(OCCc2ccc(-c3ccccc3)cc2)c(C(F)(F)F)c1Cl. The first-order valence-corrected chi connectivity index (χ1v) is 10.4. The molecule has 1 atom stereocenters. The summed E-state index contributed by atoms with van der Waals surface area (Å²) in [5.74, 6) is -1.31. The minimum Gasteiger partial charge on any atom is -0.493 e. The van der Waals surface area contributed by atoms with E-state index in [-0.39, 0.29) is 12.3 Å². The van der Waals surface area contributed by atoms with Gasteiger partial charge in [-0.1, -0.05) is 66.2 Å². The average molecular weight is 479 g/mol. The monoisotopic (exact) mass is 478 g/mol. The van der Waals surface area contributed by atoms with Crippen molar-refractivity contribution in [1.29, 1.82) is 0 Å². The van der Waals surface area contributed by atoms with E-state index in [4.69, 9.17) is 27.2 Å². The van der Waals surface area contributed by atoms with Gasteiger partial charge in [-0.2, -0.15) is 13.2 Å². The van der Waals surface area contributed by atoms with Crippen LogP contribution in [0.25, 0.3) is 11.1 Å². The van der Waals surface area contributed by atoms with Crippen LogP contribution < -0.4 is 15.8 Å². The number of benzene rings is 3. The molecule has 0 aliphatic heterocycles. The molecule has 4 N–H and O–H groups in total. The summed E-state index contributed by atoms with van der Waals surface area (Å²) < 4.78 is 46.4. The lowest BCUT2D eigenvalue weighted by Gasteiger charge is -2.19. The first-order valence-electron chi connectivity index (χ1n) is 10.0. The molecule has 33 heavy (non-hydrogen) atoms. The molecule has 0 spiro atoms. The summed E-state index contributed by atoms with van der Waals surface area (Å²) in [6, 6.07) is 18.5. The number of nitrogens with one attached hydrogen (secondary N) is 1. The molecule has 0 bridgehead atoms. The van der Waals surface area contributed by atoms with Crippen molar-refractivity contribution in [2.45, 2.75) is 18.6 Å². The predicted molar refractivity (Wildman–Crippen MR) is 121 cm³/mol. The molecule has 0 aliphatic carbocycles. The zero-order valence-corrected chi connectivity index (χ0v) is 18.2. The van der Waals surface area contributed by atoms with Crippen molar-refractivity contribution in [3.05, 3.63) is 82.9 Å². The highest BCUT2D eigenvalue weighted by Gasteiger charge is 2.38. The summed E-state index contributed by atoms with van der Waals surface area (Å²) >= 11 is 5.94. The van der Waals surface area contributed by atoms with Crippen molar-refractivity contribution in [2.24, 2.45) is 5.73 Å². The number of halogens is 4. The Bertz CT molecular complexity index is 1090. The van der Waals surface area contributed by atoms with E-state index >= 15 is 0 Å². The van der Waals surface area contributed by atoms with Crippen LogP contribution in [0.3, 0.4) is 0 Å². The minimum atomic E-state index is -4.82. The highest BCUT2D eigenvalue weighted by atomic mass is 35.5. The first-order chi connectivity index (χ1) is 15.7. The predicted octanol–water partition coefficient (Wildman–Crippen LogP) is 4.91. The molecule has 1 amide bonds. The maximum atomic E-state index is 13.7. The van der Waals surface area contributed by atoms with E-state index in [0.29, 0.717) is 6.42 Å². The van der Waals surface area contributed by atoms with Gasteiger partial charge in [0, 0.05) is 6.42 Å². The number of nitrogens with two attached hydrogens (primary N) is 1. The topological polar surface area (TPSA) is 84.6 Å². The van der Waals surface area contributed by atoms with Crippen LogP contribution in [0.5, 0.6) is 5.75 Å². The number of amides is 1. The van der Waals surface area contributed by atoms with E-state index in [1.165, 1.54) is 6.07 Å². The number of alkyl halides is 3. The number of anilines is 1. The normalized spacial score (nSPS) is 12.3. The Kier molecular flexibility index (Phi) is 7.97. The van der Waals surface area contributed by atoms with Crippen molar-refractivity contribution in [3.63, 3.8) is 0 Å². The van der Waals surface area contributed by atoms with Gasteiger partial charge in [0.2, 0.25) is 5.91 Å². The standard InChI is InChI=1S/C24H22ClF3N2O3/c25-22-19(30-23(32)18(29)14-31)10-11-20(21(22)24(26,27)28)33-13-12-15-6-8-17(9-7-15)16-4-2-1-3-5-16/h1-11,18,31H,12-14,29H2,(H,30,32)/t18-/m0/s1. The molecule has 3 rings (SSSR count). The third-order valence-electron chi connectivity index (χ3n) is 4.89. The van der Waals surface area contributed by atoms with Crippen LogP contribution in [0.2, 0.25) is 5.02 Å². The molecule has 9 heteroatoms. The second-order valence-corrected chi connectivity index (χ2v) is 7.62. The molecule has 0 aliphatic rings. The maximum Gasteiger partial charge on any atom is 0.421 e. The van der Waals surface area contributed by atoms with Crippen molar-refractivity contribution in [2.75, 3.05) is 18.5 Å². The summed E-state index contributed by atoms with van der Waals surface area (Å²) in [6.45, 7) is -0.672. The zero-order valence-electron chi connectivity index (χ0n) is 17.4. The summed E-state index contributed by atoms with van der Waals surface area (Å²) in [5, 5.41) is 10.4. The number of aliphatic hydroxyl groups excluding tert-OH is 1. The molecule has 0 radical (unpaired) electrons. The van der Waals surface area contributed by atoms with Crippen LogP contribution in [0, 0.1) is 0 Å². The van der Waals surface area contributed by atoms with Gasteiger partial charge in [0.25, 0.3) is 0 Å². The van der Waals surface area contributed by atoms with Crippen molar-refractivity contribution >= 4 is 23.2 Å². The van der Waals surface area contributed by atoms with E-state index in [2.05, 4.69) is 5.32 Å². The Balaban J connectivity index is 1.71. The van der Waals surface area contributed by atoms with E-state index < -0.39 is 41.1 Å². The molecule has 3 aromatic rings. The lowest BCUT2D eigenvalue weighted by molar-refractivity contribution is -0.138. The molecule has 0 saturated carbocycles. The second kappa shape index (κ2) is 10.7. The van der Waals surface area contributed by atoms with E-state index in [1.54, 1.807) is 0 Å².